The minimum Gasteiger partial charge on any atom is -0.455 e. The second kappa shape index (κ2) is 8.33. The SMILES string of the molecule is C[C@@H](NC(=O)COC(=O)C1(c2ccc(F)cc2)CCCC1)c1ccccc1. The van der Waals surface area contributed by atoms with Crippen molar-refractivity contribution in [3.63, 3.8) is 0 Å². The van der Waals surface area contributed by atoms with Gasteiger partial charge in [0.05, 0.1) is 11.5 Å². The van der Waals surface area contributed by atoms with Gasteiger partial charge in [-0.25, -0.2) is 4.39 Å². The third-order valence-corrected chi connectivity index (χ3v) is 5.26. The zero-order valence-corrected chi connectivity index (χ0v) is 15.4. The molecule has 27 heavy (non-hydrogen) atoms. The van der Waals surface area contributed by atoms with Crippen LogP contribution < -0.4 is 5.32 Å². The van der Waals surface area contributed by atoms with Crippen molar-refractivity contribution in [2.24, 2.45) is 0 Å². The van der Waals surface area contributed by atoms with Gasteiger partial charge in [0, 0.05) is 0 Å². The molecule has 1 fully saturated rings. The maximum atomic E-state index is 13.2. The fourth-order valence-corrected chi connectivity index (χ4v) is 3.74. The molecule has 1 amide bonds. The molecule has 2 aromatic carbocycles. The highest BCUT2D eigenvalue weighted by atomic mass is 19.1. The molecular weight excluding hydrogens is 345 g/mol. The van der Waals surface area contributed by atoms with Crippen LogP contribution in [0.4, 0.5) is 4.39 Å². The van der Waals surface area contributed by atoms with Crippen molar-refractivity contribution in [1.82, 2.24) is 5.32 Å². The second-order valence-electron chi connectivity index (χ2n) is 7.07. The number of benzene rings is 2. The topological polar surface area (TPSA) is 55.4 Å². The van der Waals surface area contributed by atoms with Crippen LogP contribution in [0, 0.1) is 5.82 Å². The number of carbonyl (C=O) groups is 2. The summed E-state index contributed by atoms with van der Waals surface area (Å²) in [6, 6.07) is 15.4. The van der Waals surface area contributed by atoms with Crippen molar-refractivity contribution in [3.8, 4) is 0 Å². The van der Waals surface area contributed by atoms with Crippen LogP contribution in [0.5, 0.6) is 0 Å². The molecule has 5 heteroatoms. The minimum atomic E-state index is -0.779. The Morgan fingerprint density at radius 2 is 1.70 bits per heavy atom. The molecule has 3 rings (SSSR count). The molecule has 1 aliphatic rings. The summed E-state index contributed by atoms with van der Waals surface area (Å²) in [6.07, 6.45) is 3.12. The molecule has 4 nitrogen and oxygen atoms in total. The van der Waals surface area contributed by atoms with E-state index >= 15 is 0 Å². The molecule has 0 heterocycles. The van der Waals surface area contributed by atoms with Crippen LogP contribution >= 0.6 is 0 Å². The zero-order chi connectivity index (χ0) is 19.3. The average molecular weight is 369 g/mol. The van der Waals surface area contributed by atoms with Crippen molar-refractivity contribution < 1.29 is 18.7 Å². The Morgan fingerprint density at radius 3 is 2.33 bits per heavy atom. The Labute approximate surface area is 158 Å². The van der Waals surface area contributed by atoms with Gasteiger partial charge in [0.25, 0.3) is 5.91 Å². The Balaban J connectivity index is 1.61. The molecule has 0 saturated heterocycles. The summed E-state index contributed by atoms with van der Waals surface area (Å²) in [5.41, 5.74) is 0.958. The number of halogens is 1. The molecule has 0 bridgehead atoms. The first-order chi connectivity index (χ1) is 13.0. The fourth-order valence-electron chi connectivity index (χ4n) is 3.74. The van der Waals surface area contributed by atoms with Gasteiger partial charge in [-0.3, -0.25) is 9.59 Å². The van der Waals surface area contributed by atoms with Crippen LogP contribution in [0.25, 0.3) is 0 Å². The molecule has 0 radical (unpaired) electrons. The van der Waals surface area contributed by atoms with E-state index in [0.29, 0.717) is 12.8 Å². The van der Waals surface area contributed by atoms with Gasteiger partial charge in [-0.05, 0) is 43.0 Å². The van der Waals surface area contributed by atoms with Gasteiger partial charge in [-0.1, -0.05) is 55.3 Å². The summed E-state index contributed by atoms with van der Waals surface area (Å²) in [4.78, 5) is 25.0. The lowest BCUT2D eigenvalue weighted by Gasteiger charge is -2.27. The summed E-state index contributed by atoms with van der Waals surface area (Å²) in [5, 5.41) is 2.84. The van der Waals surface area contributed by atoms with Gasteiger partial charge in [-0.2, -0.15) is 0 Å². The van der Waals surface area contributed by atoms with E-state index in [-0.39, 0.29) is 24.4 Å². The van der Waals surface area contributed by atoms with Gasteiger partial charge in [0.2, 0.25) is 0 Å². The van der Waals surface area contributed by atoms with Crippen LogP contribution in [0.1, 0.15) is 49.8 Å². The van der Waals surface area contributed by atoms with E-state index in [1.165, 1.54) is 12.1 Å². The third-order valence-electron chi connectivity index (χ3n) is 5.26. The maximum absolute atomic E-state index is 13.2. The van der Waals surface area contributed by atoms with E-state index in [4.69, 9.17) is 4.74 Å². The summed E-state index contributed by atoms with van der Waals surface area (Å²) < 4.78 is 18.6. The number of nitrogens with one attached hydrogen (secondary N) is 1. The van der Waals surface area contributed by atoms with Gasteiger partial charge in [0.15, 0.2) is 6.61 Å². The lowest BCUT2D eigenvalue weighted by atomic mass is 9.79. The van der Waals surface area contributed by atoms with Crippen molar-refractivity contribution in [3.05, 3.63) is 71.5 Å². The minimum absolute atomic E-state index is 0.171. The lowest BCUT2D eigenvalue weighted by Crippen LogP contribution is -2.38. The normalized spacial score (nSPS) is 16.5. The van der Waals surface area contributed by atoms with Crippen LogP contribution in [-0.4, -0.2) is 18.5 Å². The van der Waals surface area contributed by atoms with Gasteiger partial charge < -0.3 is 10.1 Å². The van der Waals surface area contributed by atoms with Crippen molar-refractivity contribution >= 4 is 11.9 Å². The standard InChI is InChI=1S/C22H24FNO3/c1-16(17-7-3-2-4-8-17)24-20(25)15-27-21(26)22(13-5-6-14-22)18-9-11-19(23)12-10-18/h2-4,7-12,16H,5-6,13-15H2,1H3,(H,24,25)/t16-/m1/s1. The Hall–Kier alpha value is -2.69. The predicted octanol–water partition coefficient (Wildman–Crippen LogP) is 4.06. The predicted molar refractivity (Wildman–Crippen MR) is 101 cm³/mol. The largest absolute Gasteiger partial charge is 0.455 e. The maximum Gasteiger partial charge on any atom is 0.317 e. The highest BCUT2D eigenvalue weighted by Crippen LogP contribution is 2.42. The molecule has 2 aromatic rings. The summed E-state index contributed by atoms with van der Waals surface area (Å²) in [7, 11) is 0. The summed E-state index contributed by atoms with van der Waals surface area (Å²) in [6.45, 7) is 1.56. The number of hydrogen-bond acceptors (Lipinski definition) is 3. The molecule has 1 N–H and O–H groups in total. The van der Waals surface area contributed by atoms with Crippen LogP contribution in [0.15, 0.2) is 54.6 Å². The zero-order valence-electron chi connectivity index (χ0n) is 15.4. The van der Waals surface area contributed by atoms with E-state index in [1.807, 2.05) is 37.3 Å². The Bertz CT molecular complexity index is 783. The lowest BCUT2D eigenvalue weighted by molar-refractivity contribution is -0.154. The molecule has 0 aliphatic heterocycles. The van der Waals surface area contributed by atoms with Crippen LogP contribution in [0.3, 0.4) is 0 Å². The molecule has 0 spiro atoms. The number of hydrogen-bond donors (Lipinski definition) is 1. The second-order valence-corrected chi connectivity index (χ2v) is 7.07. The van der Waals surface area contributed by atoms with E-state index in [1.54, 1.807) is 12.1 Å². The molecule has 0 unspecified atom stereocenters. The van der Waals surface area contributed by atoms with Gasteiger partial charge in [0.1, 0.15) is 5.82 Å². The number of carbonyl (C=O) groups excluding carboxylic acids is 2. The highest BCUT2D eigenvalue weighted by Gasteiger charge is 2.44. The summed E-state index contributed by atoms with van der Waals surface area (Å²) in [5.74, 6) is -1.09. The number of amides is 1. The number of rotatable bonds is 6. The van der Waals surface area contributed by atoms with E-state index in [0.717, 1.165) is 24.0 Å². The highest BCUT2D eigenvalue weighted by molar-refractivity contribution is 5.86. The average Bonchev–Trinajstić information content (AvgIpc) is 3.18. The van der Waals surface area contributed by atoms with E-state index in [2.05, 4.69) is 5.32 Å². The van der Waals surface area contributed by atoms with Crippen LogP contribution in [0.2, 0.25) is 0 Å². The third kappa shape index (κ3) is 4.35. The van der Waals surface area contributed by atoms with Crippen molar-refractivity contribution in [2.45, 2.75) is 44.1 Å². The Morgan fingerprint density at radius 1 is 1.07 bits per heavy atom. The monoisotopic (exact) mass is 369 g/mol. The molecule has 142 valence electrons. The smallest absolute Gasteiger partial charge is 0.317 e. The first-order valence-electron chi connectivity index (χ1n) is 9.29. The first-order valence-corrected chi connectivity index (χ1v) is 9.29. The van der Waals surface area contributed by atoms with Crippen molar-refractivity contribution in [2.75, 3.05) is 6.61 Å². The van der Waals surface area contributed by atoms with Gasteiger partial charge in [-0.15, -0.1) is 0 Å². The van der Waals surface area contributed by atoms with E-state index in [9.17, 15) is 14.0 Å². The summed E-state index contributed by atoms with van der Waals surface area (Å²) >= 11 is 0. The quantitative estimate of drug-likeness (QED) is 0.782. The molecular formula is C22H24FNO3. The van der Waals surface area contributed by atoms with Gasteiger partial charge >= 0.3 is 5.97 Å². The van der Waals surface area contributed by atoms with Crippen molar-refractivity contribution in [1.29, 1.82) is 0 Å². The number of ether oxygens (including phenoxy) is 1. The van der Waals surface area contributed by atoms with Crippen LogP contribution in [-0.2, 0) is 19.7 Å². The molecule has 1 aliphatic carbocycles. The Kier molecular flexibility index (Phi) is 5.89. The molecule has 1 saturated carbocycles. The molecule has 1 atom stereocenters. The number of esters is 1. The van der Waals surface area contributed by atoms with E-state index < -0.39 is 11.4 Å². The molecule has 0 aromatic heterocycles. The first kappa shape index (κ1) is 19.1. The fraction of sp³-hybridized carbons (Fsp3) is 0.364.